The van der Waals surface area contributed by atoms with Gasteiger partial charge in [-0.3, -0.25) is 4.90 Å². The molecule has 1 aromatic carbocycles. The molecule has 0 aliphatic carbocycles. The smallest absolute Gasteiger partial charge is 0.0448 e. The Hall–Kier alpha value is -0.860. The van der Waals surface area contributed by atoms with Crippen LogP contribution in [0.15, 0.2) is 18.2 Å². The van der Waals surface area contributed by atoms with Crippen LogP contribution in [-0.2, 0) is 6.54 Å². The second kappa shape index (κ2) is 5.65. The van der Waals surface area contributed by atoms with Crippen LogP contribution in [0.25, 0.3) is 0 Å². The van der Waals surface area contributed by atoms with E-state index < -0.39 is 0 Å². The number of hydrogen-bond acceptors (Lipinski definition) is 2. The molecule has 2 nitrogen and oxygen atoms in total. The van der Waals surface area contributed by atoms with Crippen molar-refractivity contribution in [1.29, 1.82) is 0 Å². The molecular weight excluding hydrogens is 210 g/mol. The summed E-state index contributed by atoms with van der Waals surface area (Å²) in [6.07, 6.45) is 0.800. The molecule has 0 heterocycles. The van der Waals surface area contributed by atoms with Gasteiger partial charge in [0.2, 0.25) is 0 Å². The van der Waals surface area contributed by atoms with Gasteiger partial charge in [-0.15, -0.1) is 0 Å². The van der Waals surface area contributed by atoms with Crippen molar-refractivity contribution in [2.75, 3.05) is 13.7 Å². The normalized spacial score (nSPS) is 12.2. The standard InChI is InChI=1S/C15H25NO/c1-12-6-7-14(13(2)10-12)11-16(5)15(3,4)8-9-17/h6-7,10,17H,8-9,11H2,1-5H3. The summed E-state index contributed by atoms with van der Waals surface area (Å²) in [6, 6.07) is 6.59. The molecule has 0 atom stereocenters. The number of aryl methyl sites for hydroxylation is 2. The predicted octanol–water partition coefficient (Wildman–Crippen LogP) is 2.90. The monoisotopic (exact) mass is 235 g/mol. The van der Waals surface area contributed by atoms with Gasteiger partial charge in [-0.05, 0) is 52.3 Å². The average Bonchev–Trinajstić information content (AvgIpc) is 2.22. The van der Waals surface area contributed by atoms with E-state index in [1.54, 1.807) is 0 Å². The molecule has 0 unspecified atom stereocenters. The highest BCUT2D eigenvalue weighted by atomic mass is 16.3. The highest BCUT2D eigenvalue weighted by molar-refractivity contribution is 5.30. The molecule has 0 saturated carbocycles. The van der Waals surface area contributed by atoms with E-state index in [9.17, 15) is 0 Å². The summed E-state index contributed by atoms with van der Waals surface area (Å²) >= 11 is 0. The van der Waals surface area contributed by atoms with E-state index in [1.165, 1.54) is 16.7 Å². The van der Waals surface area contributed by atoms with Gasteiger partial charge >= 0.3 is 0 Å². The maximum atomic E-state index is 9.08. The first-order valence-electron chi connectivity index (χ1n) is 6.25. The van der Waals surface area contributed by atoms with Crippen LogP contribution in [0.4, 0.5) is 0 Å². The van der Waals surface area contributed by atoms with E-state index in [2.05, 4.69) is 57.8 Å². The maximum absolute atomic E-state index is 9.08. The number of nitrogens with zero attached hydrogens (tertiary/aromatic N) is 1. The number of aliphatic hydroxyl groups excluding tert-OH is 1. The van der Waals surface area contributed by atoms with E-state index in [4.69, 9.17) is 5.11 Å². The van der Waals surface area contributed by atoms with Crippen molar-refractivity contribution in [3.8, 4) is 0 Å². The van der Waals surface area contributed by atoms with Crippen LogP contribution in [0.3, 0.4) is 0 Å². The number of benzene rings is 1. The third kappa shape index (κ3) is 3.83. The fraction of sp³-hybridized carbons (Fsp3) is 0.600. The van der Waals surface area contributed by atoms with Crippen LogP contribution < -0.4 is 0 Å². The minimum atomic E-state index is 0.0338. The first-order chi connectivity index (χ1) is 7.86. The van der Waals surface area contributed by atoms with Crippen molar-refractivity contribution in [3.63, 3.8) is 0 Å². The largest absolute Gasteiger partial charge is 0.396 e. The first kappa shape index (κ1) is 14.2. The Labute approximate surface area is 105 Å². The molecule has 0 radical (unpaired) electrons. The summed E-state index contributed by atoms with van der Waals surface area (Å²) in [5.41, 5.74) is 4.05. The zero-order valence-corrected chi connectivity index (χ0v) is 11.7. The lowest BCUT2D eigenvalue weighted by Crippen LogP contribution is -2.41. The lowest BCUT2D eigenvalue weighted by Gasteiger charge is -2.35. The van der Waals surface area contributed by atoms with E-state index in [1.807, 2.05) is 0 Å². The second-order valence-corrected chi connectivity index (χ2v) is 5.57. The molecule has 0 aliphatic heterocycles. The lowest BCUT2D eigenvalue weighted by atomic mass is 9.97. The molecule has 17 heavy (non-hydrogen) atoms. The minimum absolute atomic E-state index is 0.0338. The van der Waals surface area contributed by atoms with E-state index in [-0.39, 0.29) is 12.1 Å². The third-order valence-electron chi connectivity index (χ3n) is 3.66. The van der Waals surface area contributed by atoms with Gasteiger partial charge in [-0.2, -0.15) is 0 Å². The van der Waals surface area contributed by atoms with Crippen LogP contribution >= 0.6 is 0 Å². The van der Waals surface area contributed by atoms with Gasteiger partial charge in [-0.1, -0.05) is 23.8 Å². The molecular formula is C15H25NO. The van der Waals surface area contributed by atoms with Crippen LogP contribution in [0.5, 0.6) is 0 Å². The summed E-state index contributed by atoms with van der Waals surface area (Å²) in [5, 5.41) is 9.08. The highest BCUT2D eigenvalue weighted by Crippen LogP contribution is 2.21. The summed E-state index contributed by atoms with van der Waals surface area (Å²) in [4.78, 5) is 2.31. The molecule has 0 aliphatic rings. The molecule has 2 heteroatoms. The lowest BCUT2D eigenvalue weighted by molar-refractivity contribution is 0.110. The van der Waals surface area contributed by atoms with Gasteiger partial charge in [-0.25, -0.2) is 0 Å². The Bertz CT molecular complexity index is 371. The van der Waals surface area contributed by atoms with E-state index in [0.29, 0.717) is 0 Å². The van der Waals surface area contributed by atoms with Crippen LogP contribution in [0, 0.1) is 13.8 Å². The zero-order valence-electron chi connectivity index (χ0n) is 11.7. The van der Waals surface area contributed by atoms with Crippen LogP contribution in [0.1, 0.15) is 37.0 Å². The summed E-state index contributed by atoms with van der Waals surface area (Å²) < 4.78 is 0. The fourth-order valence-electron chi connectivity index (χ4n) is 1.96. The molecule has 0 amide bonds. The summed E-state index contributed by atoms with van der Waals surface area (Å²) in [7, 11) is 2.12. The molecule has 1 N–H and O–H groups in total. The molecule has 0 aromatic heterocycles. The highest BCUT2D eigenvalue weighted by Gasteiger charge is 2.22. The average molecular weight is 235 g/mol. The molecule has 0 bridgehead atoms. The number of hydrogen-bond donors (Lipinski definition) is 1. The predicted molar refractivity (Wildman–Crippen MR) is 73.2 cm³/mol. The first-order valence-corrected chi connectivity index (χ1v) is 6.25. The molecule has 0 spiro atoms. The van der Waals surface area contributed by atoms with Crippen molar-refractivity contribution in [2.24, 2.45) is 0 Å². The molecule has 0 saturated heterocycles. The van der Waals surface area contributed by atoms with Gasteiger partial charge in [0, 0.05) is 18.7 Å². The Balaban J connectivity index is 2.77. The zero-order chi connectivity index (χ0) is 13.1. The summed E-state index contributed by atoms with van der Waals surface area (Å²) in [5.74, 6) is 0. The second-order valence-electron chi connectivity index (χ2n) is 5.57. The van der Waals surface area contributed by atoms with Gasteiger partial charge < -0.3 is 5.11 Å². The van der Waals surface area contributed by atoms with Gasteiger partial charge in [0.25, 0.3) is 0 Å². The Morgan fingerprint density at radius 1 is 1.24 bits per heavy atom. The van der Waals surface area contributed by atoms with Crippen molar-refractivity contribution in [1.82, 2.24) is 4.90 Å². The van der Waals surface area contributed by atoms with E-state index in [0.717, 1.165) is 13.0 Å². The van der Waals surface area contributed by atoms with Crippen molar-refractivity contribution < 1.29 is 5.11 Å². The molecule has 0 fully saturated rings. The quantitative estimate of drug-likeness (QED) is 0.848. The Morgan fingerprint density at radius 2 is 1.88 bits per heavy atom. The number of rotatable bonds is 5. The fourth-order valence-corrected chi connectivity index (χ4v) is 1.96. The van der Waals surface area contributed by atoms with Crippen molar-refractivity contribution >= 4 is 0 Å². The molecule has 1 aromatic rings. The number of aliphatic hydroxyl groups is 1. The summed E-state index contributed by atoms with van der Waals surface area (Å²) in [6.45, 7) is 9.80. The third-order valence-corrected chi connectivity index (χ3v) is 3.66. The van der Waals surface area contributed by atoms with Gasteiger partial charge in [0.05, 0.1) is 0 Å². The molecule has 96 valence electrons. The van der Waals surface area contributed by atoms with Gasteiger partial charge in [0.15, 0.2) is 0 Å². The van der Waals surface area contributed by atoms with Crippen LogP contribution in [-0.4, -0.2) is 29.2 Å². The molecule has 1 rings (SSSR count). The SMILES string of the molecule is Cc1ccc(CN(C)C(C)(C)CCO)c(C)c1. The van der Waals surface area contributed by atoms with Crippen molar-refractivity contribution in [3.05, 3.63) is 34.9 Å². The van der Waals surface area contributed by atoms with Crippen molar-refractivity contribution in [2.45, 2.75) is 46.2 Å². The topological polar surface area (TPSA) is 23.5 Å². The van der Waals surface area contributed by atoms with E-state index >= 15 is 0 Å². The Morgan fingerprint density at radius 3 is 2.41 bits per heavy atom. The Kier molecular flexibility index (Phi) is 4.72. The van der Waals surface area contributed by atoms with Gasteiger partial charge in [0.1, 0.15) is 0 Å². The minimum Gasteiger partial charge on any atom is -0.396 e. The maximum Gasteiger partial charge on any atom is 0.0448 e. The van der Waals surface area contributed by atoms with Crippen LogP contribution in [0.2, 0.25) is 0 Å².